The van der Waals surface area contributed by atoms with E-state index in [1.54, 1.807) is 6.07 Å². The van der Waals surface area contributed by atoms with Crippen LogP contribution in [0.4, 0.5) is 0 Å². The number of aromatic carboxylic acids is 1. The Balaban J connectivity index is 2.81. The van der Waals surface area contributed by atoms with Crippen molar-refractivity contribution in [3.8, 4) is 0 Å². The molecule has 0 aliphatic rings. The maximum Gasteiger partial charge on any atom is 0.336 e. The summed E-state index contributed by atoms with van der Waals surface area (Å²) in [5.74, 6) is -0.916. The highest BCUT2D eigenvalue weighted by molar-refractivity contribution is 6.02. The zero-order chi connectivity index (χ0) is 10.1. The average molecular weight is 187 g/mol. The van der Waals surface area contributed by atoms with Gasteiger partial charge in [0.1, 0.15) is 0 Å². The Kier molecular flexibility index (Phi) is 1.93. The molecule has 0 atom stereocenters. The minimum atomic E-state index is -0.916. The van der Waals surface area contributed by atoms with Crippen molar-refractivity contribution in [2.24, 2.45) is 0 Å². The van der Waals surface area contributed by atoms with Crippen LogP contribution in [-0.4, -0.2) is 16.1 Å². The second kappa shape index (κ2) is 3.10. The summed E-state index contributed by atoms with van der Waals surface area (Å²) >= 11 is 0. The van der Waals surface area contributed by atoms with Crippen molar-refractivity contribution in [1.82, 2.24) is 4.98 Å². The number of fused-ring (bicyclic) bond motifs is 1. The summed E-state index contributed by atoms with van der Waals surface area (Å²) in [6.07, 6.45) is 1.52. The standard InChI is InChI=1S/C11H9NO2/c1-7-2-3-8-9(11(13)14)4-5-12-10(8)6-7/h2-6H,1H3,(H,13,14). The first-order valence-electron chi connectivity index (χ1n) is 4.27. The van der Waals surface area contributed by atoms with Crippen molar-refractivity contribution in [2.75, 3.05) is 0 Å². The van der Waals surface area contributed by atoms with E-state index in [-0.39, 0.29) is 0 Å². The average Bonchev–Trinajstić information content (AvgIpc) is 2.16. The summed E-state index contributed by atoms with van der Waals surface area (Å²) in [5, 5.41) is 9.61. The van der Waals surface area contributed by atoms with Crippen molar-refractivity contribution in [3.63, 3.8) is 0 Å². The van der Waals surface area contributed by atoms with Gasteiger partial charge in [0, 0.05) is 11.6 Å². The van der Waals surface area contributed by atoms with Crippen LogP contribution >= 0.6 is 0 Å². The number of carbonyl (C=O) groups is 1. The molecule has 2 aromatic rings. The van der Waals surface area contributed by atoms with Crippen LogP contribution in [0.25, 0.3) is 10.9 Å². The second-order valence-corrected chi connectivity index (χ2v) is 3.18. The molecule has 0 bridgehead atoms. The topological polar surface area (TPSA) is 50.2 Å². The number of benzene rings is 1. The Bertz CT molecular complexity index is 506. The number of aryl methyl sites for hydroxylation is 1. The predicted molar refractivity (Wildman–Crippen MR) is 53.4 cm³/mol. The molecule has 0 fully saturated rings. The Morgan fingerprint density at radius 1 is 1.36 bits per heavy atom. The maximum absolute atomic E-state index is 10.9. The van der Waals surface area contributed by atoms with Crippen molar-refractivity contribution in [2.45, 2.75) is 6.92 Å². The van der Waals surface area contributed by atoms with E-state index in [0.717, 1.165) is 11.1 Å². The fourth-order valence-corrected chi connectivity index (χ4v) is 1.44. The first kappa shape index (κ1) is 8.69. The Morgan fingerprint density at radius 2 is 2.14 bits per heavy atom. The molecule has 3 heteroatoms. The molecular formula is C11H9NO2. The number of carboxylic acids is 1. The van der Waals surface area contributed by atoms with Crippen LogP contribution in [0.15, 0.2) is 30.5 Å². The maximum atomic E-state index is 10.9. The number of hydrogen-bond acceptors (Lipinski definition) is 2. The lowest BCUT2D eigenvalue weighted by atomic mass is 10.1. The summed E-state index contributed by atoms with van der Waals surface area (Å²) < 4.78 is 0. The zero-order valence-corrected chi connectivity index (χ0v) is 7.69. The SMILES string of the molecule is Cc1ccc2c(C(=O)O)ccnc2c1. The van der Waals surface area contributed by atoms with Gasteiger partial charge in [0.05, 0.1) is 11.1 Å². The lowest BCUT2D eigenvalue weighted by Gasteiger charge is -2.01. The number of rotatable bonds is 1. The molecule has 0 saturated carbocycles. The molecule has 0 unspecified atom stereocenters. The van der Waals surface area contributed by atoms with Gasteiger partial charge in [-0.3, -0.25) is 4.98 Å². The van der Waals surface area contributed by atoms with Gasteiger partial charge < -0.3 is 5.11 Å². The van der Waals surface area contributed by atoms with Gasteiger partial charge in [-0.2, -0.15) is 0 Å². The first-order valence-corrected chi connectivity index (χ1v) is 4.27. The van der Waals surface area contributed by atoms with E-state index in [1.807, 2.05) is 19.1 Å². The third-order valence-electron chi connectivity index (χ3n) is 2.13. The molecule has 1 heterocycles. The summed E-state index contributed by atoms with van der Waals surface area (Å²) in [4.78, 5) is 15.0. The van der Waals surface area contributed by atoms with E-state index in [2.05, 4.69) is 4.98 Å². The number of aromatic nitrogens is 1. The fraction of sp³-hybridized carbons (Fsp3) is 0.0909. The van der Waals surface area contributed by atoms with Crippen molar-refractivity contribution >= 4 is 16.9 Å². The van der Waals surface area contributed by atoms with E-state index in [4.69, 9.17) is 5.11 Å². The quantitative estimate of drug-likeness (QED) is 0.744. The van der Waals surface area contributed by atoms with Crippen LogP contribution in [-0.2, 0) is 0 Å². The molecule has 0 aliphatic carbocycles. The summed E-state index contributed by atoms with van der Waals surface area (Å²) in [5.41, 5.74) is 2.10. The number of pyridine rings is 1. The van der Waals surface area contributed by atoms with Gasteiger partial charge >= 0.3 is 5.97 Å². The van der Waals surface area contributed by atoms with Gasteiger partial charge in [-0.1, -0.05) is 12.1 Å². The molecule has 14 heavy (non-hydrogen) atoms. The Morgan fingerprint density at radius 3 is 2.86 bits per heavy atom. The van der Waals surface area contributed by atoms with Gasteiger partial charge in [0.25, 0.3) is 0 Å². The molecule has 1 N–H and O–H groups in total. The summed E-state index contributed by atoms with van der Waals surface area (Å²) in [6, 6.07) is 7.07. The highest BCUT2D eigenvalue weighted by Crippen LogP contribution is 2.17. The molecule has 0 saturated heterocycles. The van der Waals surface area contributed by atoms with Gasteiger partial charge in [0.2, 0.25) is 0 Å². The summed E-state index contributed by atoms with van der Waals surface area (Å²) in [6.45, 7) is 1.95. The van der Waals surface area contributed by atoms with Crippen molar-refractivity contribution in [3.05, 3.63) is 41.6 Å². The molecule has 2 rings (SSSR count). The van der Waals surface area contributed by atoms with Crippen LogP contribution in [0.1, 0.15) is 15.9 Å². The molecule has 3 nitrogen and oxygen atoms in total. The molecule has 0 amide bonds. The fourth-order valence-electron chi connectivity index (χ4n) is 1.44. The zero-order valence-electron chi connectivity index (χ0n) is 7.69. The summed E-state index contributed by atoms with van der Waals surface area (Å²) in [7, 11) is 0. The number of carboxylic acid groups (broad SMARTS) is 1. The van der Waals surface area contributed by atoms with E-state index in [9.17, 15) is 4.79 Å². The number of hydrogen-bond donors (Lipinski definition) is 1. The van der Waals surface area contributed by atoms with Crippen LogP contribution in [0.3, 0.4) is 0 Å². The predicted octanol–water partition coefficient (Wildman–Crippen LogP) is 2.24. The minimum Gasteiger partial charge on any atom is -0.478 e. The molecule has 1 aromatic carbocycles. The van der Waals surface area contributed by atoms with E-state index in [0.29, 0.717) is 10.9 Å². The van der Waals surface area contributed by atoms with E-state index in [1.165, 1.54) is 12.3 Å². The Hall–Kier alpha value is -1.90. The van der Waals surface area contributed by atoms with Crippen LogP contribution in [0.2, 0.25) is 0 Å². The number of nitrogens with zero attached hydrogens (tertiary/aromatic N) is 1. The molecular weight excluding hydrogens is 178 g/mol. The lowest BCUT2D eigenvalue weighted by Crippen LogP contribution is -1.98. The molecule has 0 spiro atoms. The first-order chi connectivity index (χ1) is 6.68. The Labute approximate surface area is 81.0 Å². The second-order valence-electron chi connectivity index (χ2n) is 3.18. The smallest absolute Gasteiger partial charge is 0.336 e. The lowest BCUT2D eigenvalue weighted by molar-refractivity contribution is 0.0699. The van der Waals surface area contributed by atoms with Crippen molar-refractivity contribution in [1.29, 1.82) is 0 Å². The molecule has 0 radical (unpaired) electrons. The highest BCUT2D eigenvalue weighted by Gasteiger charge is 2.07. The van der Waals surface area contributed by atoms with Gasteiger partial charge in [-0.15, -0.1) is 0 Å². The van der Waals surface area contributed by atoms with Crippen LogP contribution in [0.5, 0.6) is 0 Å². The van der Waals surface area contributed by atoms with Gasteiger partial charge in [-0.05, 0) is 24.6 Å². The third-order valence-corrected chi connectivity index (χ3v) is 2.13. The van der Waals surface area contributed by atoms with E-state index < -0.39 is 5.97 Å². The molecule has 0 aliphatic heterocycles. The molecule has 70 valence electrons. The van der Waals surface area contributed by atoms with E-state index >= 15 is 0 Å². The monoisotopic (exact) mass is 187 g/mol. The van der Waals surface area contributed by atoms with Gasteiger partial charge in [-0.25, -0.2) is 4.79 Å². The largest absolute Gasteiger partial charge is 0.478 e. The third kappa shape index (κ3) is 1.33. The van der Waals surface area contributed by atoms with Crippen molar-refractivity contribution < 1.29 is 9.90 Å². The molecule has 1 aromatic heterocycles. The normalized spacial score (nSPS) is 10.4. The van der Waals surface area contributed by atoms with Gasteiger partial charge in [0.15, 0.2) is 0 Å². The highest BCUT2D eigenvalue weighted by atomic mass is 16.4. The van der Waals surface area contributed by atoms with Crippen LogP contribution in [0, 0.1) is 6.92 Å². The van der Waals surface area contributed by atoms with Crippen LogP contribution < -0.4 is 0 Å². The minimum absolute atomic E-state index is 0.301.